The first-order valence-corrected chi connectivity index (χ1v) is 9.84. The molecule has 0 saturated carbocycles. The Labute approximate surface area is 152 Å². The summed E-state index contributed by atoms with van der Waals surface area (Å²) in [5.74, 6) is 0.456. The van der Waals surface area contributed by atoms with Crippen molar-refractivity contribution in [3.8, 4) is 5.75 Å². The normalized spacial score (nSPS) is 12.8. The second-order valence-corrected chi connectivity index (χ2v) is 7.88. The Morgan fingerprint density at radius 1 is 1.08 bits per heavy atom. The molecule has 0 heterocycles. The fourth-order valence-corrected chi connectivity index (χ4v) is 4.54. The molecule has 0 aliphatic carbocycles. The van der Waals surface area contributed by atoms with E-state index < -0.39 is 10.0 Å². The van der Waals surface area contributed by atoms with Crippen molar-refractivity contribution in [2.45, 2.75) is 25.1 Å². The number of ether oxygens (including phenoxy) is 1. The van der Waals surface area contributed by atoms with Crippen LogP contribution < -0.4 is 9.46 Å². The molecule has 24 heavy (non-hydrogen) atoms. The predicted molar refractivity (Wildman–Crippen MR) is 98.2 cm³/mol. The topological polar surface area (TPSA) is 55.4 Å². The van der Waals surface area contributed by atoms with Gasteiger partial charge >= 0.3 is 0 Å². The molecule has 0 radical (unpaired) electrons. The molecule has 130 valence electrons. The third kappa shape index (κ3) is 4.86. The first-order valence-electron chi connectivity index (χ1n) is 7.43. The lowest BCUT2D eigenvalue weighted by atomic mass is 10.1. The summed E-state index contributed by atoms with van der Waals surface area (Å²) in [6, 6.07) is 11.9. The summed E-state index contributed by atoms with van der Waals surface area (Å²) in [5.41, 5.74) is 1.27. The van der Waals surface area contributed by atoms with Crippen LogP contribution in [0.25, 0.3) is 0 Å². The molecule has 0 aliphatic rings. The van der Waals surface area contributed by atoms with E-state index in [-0.39, 0.29) is 11.8 Å². The van der Waals surface area contributed by atoms with Crippen molar-refractivity contribution < 1.29 is 13.2 Å². The predicted octanol–water partition coefficient (Wildman–Crippen LogP) is 4.57. The minimum absolute atomic E-state index is 0.266. The van der Waals surface area contributed by atoms with E-state index in [1.165, 1.54) is 0 Å². The fraction of sp³-hybridized carbons (Fsp3) is 0.294. The molecule has 2 aromatic rings. The molecule has 0 saturated heterocycles. The molecule has 0 bridgehead atoms. The summed E-state index contributed by atoms with van der Waals surface area (Å²) >= 11 is 12.1. The van der Waals surface area contributed by atoms with Crippen molar-refractivity contribution in [1.29, 1.82) is 0 Å². The smallest absolute Gasteiger partial charge is 0.216 e. The van der Waals surface area contributed by atoms with Gasteiger partial charge in [0.2, 0.25) is 10.0 Å². The van der Waals surface area contributed by atoms with E-state index in [2.05, 4.69) is 4.72 Å². The van der Waals surface area contributed by atoms with Gasteiger partial charge in [-0.15, -0.1) is 0 Å². The minimum Gasteiger partial charge on any atom is -0.497 e. The first-order chi connectivity index (χ1) is 11.4. The van der Waals surface area contributed by atoms with Crippen LogP contribution in [-0.4, -0.2) is 15.5 Å². The van der Waals surface area contributed by atoms with Crippen LogP contribution in [0.4, 0.5) is 0 Å². The summed E-state index contributed by atoms with van der Waals surface area (Å²) in [6.07, 6.45) is 0.613. The fourth-order valence-electron chi connectivity index (χ4n) is 2.34. The zero-order chi connectivity index (χ0) is 17.7. The zero-order valence-corrected chi connectivity index (χ0v) is 15.8. The maximum Gasteiger partial charge on any atom is 0.216 e. The molecule has 0 spiro atoms. The minimum atomic E-state index is -3.60. The van der Waals surface area contributed by atoms with E-state index in [1.54, 1.807) is 37.4 Å². The first kappa shape index (κ1) is 19.1. The monoisotopic (exact) mass is 387 g/mol. The molecule has 4 nitrogen and oxygen atoms in total. The lowest BCUT2D eigenvalue weighted by Gasteiger charge is -2.18. The highest BCUT2D eigenvalue weighted by Crippen LogP contribution is 2.27. The summed E-state index contributed by atoms with van der Waals surface area (Å²) in [6.45, 7) is 1.92. The van der Waals surface area contributed by atoms with Crippen LogP contribution in [0.15, 0.2) is 42.5 Å². The Morgan fingerprint density at radius 2 is 1.67 bits per heavy atom. The van der Waals surface area contributed by atoms with E-state index in [0.29, 0.717) is 22.0 Å². The Bertz CT molecular complexity index is 772. The standard InChI is InChI=1S/C17H19Cl2NO3S/c1-3-17(12-7-9-13(23-2)10-8-12)20-24(21,22)11-14-15(18)5-4-6-16(14)19/h4-10,17,20H,3,11H2,1-2H3/t17-/m0/s1. The van der Waals surface area contributed by atoms with Gasteiger partial charge in [-0.2, -0.15) is 0 Å². The van der Waals surface area contributed by atoms with E-state index >= 15 is 0 Å². The molecule has 2 aromatic carbocycles. The average Bonchev–Trinajstić information content (AvgIpc) is 2.56. The van der Waals surface area contributed by atoms with Gasteiger partial charge in [0, 0.05) is 21.7 Å². The lowest BCUT2D eigenvalue weighted by molar-refractivity contribution is 0.414. The molecular formula is C17H19Cl2NO3S. The maximum atomic E-state index is 12.5. The molecule has 7 heteroatoms. The molecule has 0 aromatic heterocycles. The van der Waals surface area contributed by atoms with Crippen molar-refractivity contribution >= 4 is 33.2 Å². The van der Waals surface area contributed by atoms with Crippen LogP contribution in [0.1, 0.15) is 30.5 Å². The number of hydrogen-bond acceptors (Lipinski definition) is 3. The van der Waals surface area contributed by atoms with Crippen LogP contribution in [-0.2, 0) is 15.8 Å². The van der Waals surface area contributed by atoms with Crippen LogP contribution in [0.2, 0.25) is 10.0 Å². The SMILES string of the molecule is CC[C@H](NS(=O)(=O)Cc1c(Cl)cccc1Cl)c1ccc(OC)cc1. The quantitative estimate of drug-likeness (QED) is 0.756. The van der Waals surface area contributed by atoms with Gasteiger partial charge in [-0.3, -0.25) is 0 Å². The summed E-state index contributed by atoms with van der Waals surface area (Å²) in [5, 5.41) is 0.677. The second-order valence-electron chi connectivity index (χ2n) is 5.31. The second kappa shape index (κ2) is 8.21. The largest absolute Gasteiger partial charge is 0.497 e. The Morgan fingerprint density at radius 3 is 2.17 bits per heavy atom. The van der Waals surface area contributed by atoms with Crippen molar-refractivity contribution in [2.24, 2.45) is 0 Å². The van der Waals surface area contributed by atoms with Gasteiger partial charge in [0.15, 0.2) is 0 Å². The van der Waals surface area contributed by atoms with Crippen molar-refractivity contribution in [3.05, 3.63) is 63.6 Å². The molecule has 0 aliphatic heterocycles. The van der Waals surface area contributed by atoms with Gasteiger partial charge in [0.1, 0.15) is 5.75 Å². The number of halogens is 2. The van der Waals surface area contributed by atoms with Crippen LogP contribution in [0.3, 0.4) is 0 Å². The third-order valence-electron chi connectivity index (χ3n) is 3.64. The van der Waals surface area contributed by atoms with Gasteiger partial charge in [-0.1, -0.05) is 48.3 Å². The molecule has 1 N–H and O–H groups in total. The number of sulfonamides is 1. The van der Waals surface area contributed by atoms with Crippen molar-refractivity contribution in [1.82, 2.24) is 4.72 Å². The number of methoxy groups -OCH3 is 1. The van der Waals surface area contributed by atoms with E-state index in [9.17, 15) is 8.42 Å². The number of rotatable bonds is 7. The summed E-state index contributed by atoms with van der Waals surface area (Å²) < 4.78 is 32.9. The van der Waals surface area contributed by atoms with E-state index in [0.717, 1.165) is 11.3 Å². The molecule has 0 unspecified atom stereocenters. The highest BCUT2D eigenvalue weighted by molar-refractivity contribution is 7.88. The number of benzene rings is 2. The molecule has 0 amide bonds. The average molecular weight is 388 g/mol. The Hall–Kier alpha value is -1.27. The molecular weight excluding hydrogens is 369 g/mol. The number of nitrogens with one attached hydrogen (secondary N) is 1. The third-order valence-corrected chi connectivity index (χ3v) is 5.66. The van der Waals surface area contributed by atoms with Crippen molar-refractivity contribution in [2.75, 3.05) is 7.11 Å². The molecule has 1 atom stereocenters. The highest BCUT2D eigenvalue weighted by atomic mass is 35.5. The van der Waals surface area contributed by atoms with E-state index in [4.69, 9.17) is 27.9 Å². The Kier molecular flexibility index (Phi) is 6.52. The number of hydrogen-bond donors (Lipinski definition) is 1. The summed E-state index contributed by atoms with van der Waals surface area (Å²) in [4.78, 5) is 0. The summed E-state index contributed by atoms with van der Waals surface area (Å²) in [7, 11) is -2.02. The lowest BCUT2D eigenvalue weighted by Crippen LogP contribution is -2.29. The molecule has 2 rings (SSSR count). The van der Waals surface area contributed by atoms with Gasteiger partial charge in [0.05, 0.1) is 12.9 Å². The van der Waals surface area contributed by atoms with Crippen LogP contribution in [0, 0.1) is 0 Å². The van der Waals surface area contributed by atoms with Crippen LogP contribution in [0.5, 0.6) is 5.75 Å². The van der Waals surface area contributed by atoms with Gasteiger partial charge in [-0.05, 0) is 36.2 Å². The Balaban J connectivity index is 2.19. The van der Waals surface area contributed by atoms with Gasteiger partial charge in [0.25, 0.3) is 0 Å². The van der Waals surface area contributed by atoms with Gasteiger partial charge in [-0.25, -0.2) is 13.1 Å². The molecule has 0 fully saturated rings. The zero-order valence-electron chi connectivity index (χ0n) is 13.4. The highest BCUT2D eigenvalue weighted by Gasteiger charge is 2.21. The van der Waals surface area contributed by atoms with Crippen molar-refractivity contribution in [3.63, 3.8) is 0 Å². The maximum absolute atomic E-state index is 12.5. The van der Waals surface area contributed by atoms with Crippen LogP contribution >= 0.6 is 23.2 Å². The van der Waals surface area contributed by atoms with Gasteiger partial charge < -0.3 is 4.74 Å². The van der Waals surface area contributed by atoms with E-state index in [1.807, 2.05) is 19.1 Å².